The molecule has 0 aliphatic heterocycles. The molecule has 0 saturated carbocycles. The van der Waals surface area contributed by atoms with Gasteiger partial charge in [-0.25, -0.2) is 0 Å². The van der Waals surface area contributed by atoms with Crippen molar-refractivity contribution < 1.29 is 0 Å². The van der Waals surface area contributed by atoms with E-state index in [0.29, 0.717) is 6.54 Å². The summed E-state index contributed by atoms with van der Waals surface area (Å²) < 4.78 is 0. The molecule has 2 aromatic rings. The van der Waals surface area contributed by atoms with Crippen molar-refractivity contribution in [2.75, 3.05) is 0 Å². The van der Waals surface area contributed by atoms with E-state index in [1.165, 1.54) is 41.5 Å². The van der Waals surface area contributed by atoms with Crippen molar-refractivity contribution in [1.82, 2.24) is 0 Å². The monoisotopic (exact) mass is 239 g/mol. The highest BCUT2D eigenvalue weighted by molar-refractivity contribution is 5.63. The maximum Gasteiger partial charge on any atom is 0.0178 e. The molecule has 0 radical (unpaired) electrons. The van der Waals surface area contributed by atoms with E-state index in [4.69, 9.17) is 5.73 Å². The van der Waals surface area contributed by atoms with Crippen molar-refractivity contribution in [3.05, 3.63) is 59.7 Å². The van der Waals surface area contributed by atoms with E-state index in [-0.39, 0.29) is 0 Å². The molecule has 94 valence electrons. The highest BCUT2D eigenvalue weighted by Gasteiger charge is 1.98. The molecule has 0 atom stereocenters. The van der Waals surface area contributed by atoms with Gasteiger partial charge in [-0.1, -0.05) is 61.9 Å². The minimum Gasteiger partial charge on any atom is -0.326 e. The molecule has 0 unspecified atom stereocenters. The van der Waals surface area contributed by atoms with E-state index < -0.39 is 0 Å². The van der Waals surface area contributed by atoms with Crippen molar-refractivity contribution in [2.45, 2.75) is 32.7 Å². The Labute approximate surface area is 110 Å². The Hall–Kier alpha value is -1.60. The molecule has 1 heteroatoms. The Morgan fingerprint density at radius 2 is 1.28 bits per heavy atom. The third-order valence-corrected chi connectivity index (χ3v) is 3.30. The molecule has 1 nitrogen and oxygen atoms in total. The van der Waals surface area contributed by atoms with Gasteiger partial charge < -0.3 is 5.73 Å². The lowest BCUT2D eigenvalue weighted by atomic mass is 10.0. The van der Waals surface area contributed by atoms with Crippen LogP contribution >= 0.6 is 0 Å². The zero-order valence-corrected chi connectivity index (χ0v) is 11.0. The van der Waals surface area contributed by atoms with Gasteiger partial charge in [0.05, 0.1) is 0 Å². The third kappa shape index (κ3) is 3.21. The molecular weight excluding hydrogens is 218 g/mol. The minimum atomic E-state index is 0.607. The lowest BCUT2D eigenvalue weighted by molar-refractivity contribution is 0.795. The van der Waals surface area contributed by atoms with E-state index in [1.807, 2.05) is 0 Å². The van der Waals surface area contributed by atoms with Crippen LogP contribution in [0.25, 0.3) is 11.1 Å². The number of rotatable bonds is 5. The van der Waals surface area contributed by atoms with Crippen LogP contribution in [0.5, 0.6) is 0 Å². The molecular formula is C17H21N. The normalized spacial score (nSPS) is 10.6. The summed E-state index contributed by atoms with van der Waals surface area (Å²) in [6.07, 6.45) is 3.70. The van der Waals surface area contributed by atoms with Crippen LogP contribution in [0.2, 0.25) is 0 Å². The van der Waals surface area contributed by atoms with Crippen molar-refractivity contribution in [3.63, 3.8) is 0 Å². The molecule has 2 aromatic carbocycles. The summed E-state index contributed by atoms with van der Waals surface area (Å²) in [7, 11) is 0. The maximum atomic E-state index is 5.60. The summed E-state index contributed by atoms with van der Waals surface area (Å²) in [6, 6.07) is 17.4. The van der Waals surface area contributed by atoms with Gasteiger partial charge in [0.1, 0.15) is 0 Å². The van der Waals surface area contributed by atoms with Gasteiger partial charge in [-0.2, -0.15) is 0 Å². The molecule has 2 rings (SSSR count). The van der Waals surface area contributed by atoms with E-state index in [9.17, 15) is 0 Å². The standard InChI is InChI=1S/C17H21N/c1-2-3-4-14-5-9-16(10-6-14)17-11-7-15(13-18)8-12-17/h5-12H,2-4,13,18H2,1H3. The Bertz CT molecular complexity index is 468. The largest absolute Gasteiger partial charge is 0.326 e. The molecule has 0 fully saturated rings. The lowest BCUT2D eigenvalue weighted by Crippen LogP contribution is -1.95. The predicted molar refractivity (Wildman–Crippen MR) is 78.4 cm³/mol. The van der Waals surface area contributed by atoms with Gasteiger partial charge in [0.2, 0.25) is 0 Å². The van der Waals surface area contributed by atoms with Crippen LogP contribution < -0.4 is 5.73 Å². The zero-order valence-electron chi connectivity index (χ0n) is 11.0. The van der Waals surface area contributed by atoms with Crippen LogP contribution in [-0.4, -0.2) is 0 Å². The fraction of sp³-hybridized carbons (Fsp3) is 0.294. The SMILES string of the molecule is CCCCc1ccc(-c2ccc(CN)cc2)cc1. The molecule has 0 aliphatic carbocycles. The zero-order chi connectivity index (χ0) is 12.8. The van der Waals surface area contributed by atoms with Gasteiger partial charge in [0.15, 0.2) is 0 Å². The van der Waals surface area contributed by atoms with E-state index in [2.05, 4.69) is 55.5 Å². The lowest BCUT2D eigenvalue weighted by Gasteiger charge is -2.05. The Morgan fingerprint density at radius 3 is 1.72 bits per heavy atom. The first-order valence-electron chi connectivity index (χ1n) is 6.72. The average Bonchev–Trinajstić information content (AvgIpc) is 2.46. The molecule has 0 heterocycles. The van der Waals surface area contributed by atoms with Gasteiger partial charge in [0, 0.05) is 6.54 Å². The van der Waals surface area contributed by atoms with Crippen molar-refractivity contribution >= 4 is 0 Å². The molecule has 0 aromatic heterocycles. The molecule has 0 amide bonds. The van der Waals surface area contributed by atoms with Gasteiger partial charge in [-0.3, -0.25) is 0 Å². The van der Waals surface area contributed by atoms with Crippen LogP contribution in [0.4, 0.5) is 0 Å². The van der Waals surface area contributed by atoms with Gasteiger partial charge in [0.25, 0.3) is 0 Å². The Kier molecular flexibility index (Phi) is 4.54. The molecule has 0 bridgehead atoms. The quantitative estimate of drug-likeness (QED) is 0.833. The number of nitrogens with two attached hydrogens (primary N) is 1. The van der Waals surface area contributed by atoms with E-state index >= 15 is 0 Å². The summed E-state index contributed by atoms with van der Waals surface area (Å²) >= 11 is 0. The van der Waals surface area contributed by atoms with Crippen molar-refractivity contribution in [1.29, 1.82) is 0 Å². The summed E-state index contributed by atoms with van der Waals surface area (Å²) in [5, 5.41) is 0. The first kappa shape index (κ1) is 12.8. The molecule has 18 heavy (non-hydrogen) atoms. The molecule has 0 spiro atoms. The number of unbranched alkanes of at least 4 members (excludes halogenated alkanes) is 1. The summed E-state index contributed by atoms with van der Waals surface area (Å²) in [4.78, 5) is 0. The molecule has 0 saturated heterocycles. The van der Waals surface area contributed by atoms with E-state index in [0.717, 1.165) is 0 Å². The van der Waals surface area contributed by atoms with Crippen molar-refractivity contribution in [3.8, 4) is 11.1 Å². The number of hydrogen-bond acceptors (Lipinski definition) is 1. The number of benzene rings is 2. The number of aryl methyl sites for hydroxylation is 1. The first-order chi connectivity index (χ1) is 8.83. The van der Waals surface area contributed by atoms with Crippen LogP contribution in [0, 0.1) is 0 Å². The third-order valence-electron chi connectivity index (χ3n) is 3.30. The van der Waals surface area contributed by atoms with E-state index in [1.54, 1.807) is 0 Å². The highest BCUT2D eigenvalue weighted by Crippen LogP contribution is 2.20. The summed E-state index contributed by atoms with van der Waals surface area (Å²) in [5.41, 5.74) is 10.7. The Morgan fingerprint density at radius 1 is 0.778 bits per heavy atom. The van der Waals surface area contributed by atoms with Crippen LogP contribution in [-0.2, 0) is 13.0 Å². The van der Waals surface area contributed by atoms with Crippen LogP contribution in [0.15, 0.2) is 48.5 Å². The van der Waals surface area contributed by atoms with Gasteiger partial charge in [-0.05, 0) is 35.1 Å². The second-order valence-electron chi connectivity index (χ2n) is 4.70. The number of hydrogen-bond donors (Lipinski definition) is 1. The first-order valence-corrected chi connectivity index (χ1v) is 6.72. The average molecular weight is 239 g/mol. The minimum absolute atomic E-state index is 0.607. The molecule has 2 N–H and O–H groups in total. The fourth-order valence-electron chi connectivity index (χ4n) is 2.08. The maximum absolute atomic E-state index is 5.60. The predicted octanol–water partition coefficient (Wildman–Crippen LogP) is 4.15. The van der Waals surface area contributed by atoms with Gasteiger partial charge in [-0.15, -0.1) is 0 Å². The van der Waals surface area contributed by atoms with Gasteiger partial charge >= 0.3 is 0 Å². The second kappa shape index (κ2) is 6.36. The van der Waals surface area contributed by atoms with Crippen LogP contribution in [0.1, 0.15) is 30.9 Å². The smallest absolute Gasteiger partial charge is 0.0178 e. The summed E-state index contributed by atoms with van der Waals surface area (Å²) in [6.45, 7) is 2.84. The summed E-state index contributed by atoms with van der Waals surface area (Å²) in [5.74, 6) is 0. The van der Waals surface area contributed by atoms with Crippen LogP contribution in [0.3, 0.4) is 0 Å². The highest BCUT2D eigenvalue weighted by atomic mass is 14.5. The second-order valence-corrected chi connectivity index (χ2v) is 4.70. The topological polar surface area (TPSA) is 26.0 Å². The van der Waals surface area contributed by atoms with Crippen molar-refractivity contribution in [2.24, 2.45) is 5.73 Å². The fourth-order valence-corrected chi connectivity index (χ4v) is 2.08. The Balaban J connectivity index is 2.12. The molecule has 0 aliphatic rings.